The minimum absolute atomic E-state index is 0.119. The van der Waals surface area contributed by atoms with Gasteiger partial charge in [0.05, 0.1) is 11.3 Å². The van der Waals surface area contributed by atoms with Gasteiger partial charge in [-0.25, -0.2) is 4.39 Å². The van der Waals surface area contributed by atoms with Gasteiger partial charge in [-0.2, -0.15) is 0 Å². The molecule has 6 heteroatoms. The average molecular weight is 263 g/mol. The highest BCUT2D eigenvalue weighted by Gasteiger charge is 2.18. The molecular weight excluding hydrogens is 249 g/mol. The van der Waals surface area contributed by atoms with Crippen molar-refractivity contribution in [3.05, 3.63) is 40.3 Å². The van der Waals surface area contributed by atoms with Crippen LogP contribution in [0.2, 0.25) is 0 Å². The van der Waals surface area contributed by atoms with E-state index in [2.05, 4.69) is 10.5 Å². The third kappa shape index (κ3) is 2.42. The van der Waals surface area contributed by atoms with Crippen molar-refractivity contribution in [2.24, 2.45) is 0 Å². The second kappa shape index (κ2) is 4.72. The molecule has 0 radical (unpaired) electrons. The van der Waals surface area contributed by atoms with Crippen LogP contribution in [0.4, 0.5) is 16.0 Å². The van der Waals surface area contributed by atoms with Gasteiger partial charge in [-0.3, -0.25) is 10.1 Å². The summed E-state index contributed by atoms with van der Waals surface area (Å²) in [6.45, 7) is 5.05. The Balaban J connectivity index is 2.33. The summed E-state index contributed by atoms with van der Waals surface area (Å²) in [6, 6.07) is 2.76. The normalized spacial score (nSPS) is 10.5. The summed E-state index contributed by atoms with van der Waals surface area (Å²) >= 11 is 0. The topological polar surface area (TPSA) is 81.2 Å². The van der Waals surface area contributed by atoms with Crippen LogP contribution in [-0.2, 0) is 0 Å². The second-order valence-corrected chi connectivity index (χ2v) is 4.38. The van der Waals surface area contributed by atoms with Gasteiger partial charge in [-0.15, -0.1) is 0 Å². The number of carbonyl (C=O) groups excluding carboxylic acids is 1. The molecule has 0 bridgehead atoms. The number of hydrogen-bond acceptors (Lipinski definition) is 4. The molecule has 1 aromatic carbocycles. The lowest BCUT2D eigenvalue weighted by Gasteiger charge is -2.07. The van der Waals surface area contributed by atoms with Gasteiger partial charge >= 0.3 is 0 Å². The van der Waals surface area contributed by atoms with Gasteiger partial charge < -0.3 is 10.3 Å². The molecule has 2 aromatic rings. The molecule has 0 aliphatic carbocycles. The highest BCUT2D eigenvalue weighted by molar-refractivity contribution is 6.04. The van der Waals surface area contributed by atoms with Crippen LogP contribution in [0.5, 0.6) is 0 Å². The van der Waals surface area contributed by atoms with Crippen molar-refractivity contribution >= 4 is 17.5 Å². The Hall–Kier alpha value is -2.37. The van der Waals surface area contributed by atoms with E-state index in [1.165, 1.54) is 12.1 Å². The minimum atomic E-state index is -0.618. The highest BCUT2D eigenvalue weighted by atomic mass is 19.1. The molecule has 0 saturated heterocycles. The Kier molecular flexibility index (Phi) is 3.25. The van der Waals surface area contributed by atoms with Crippen LogP contribution in [0.3, 0.4) is 0 Å². The van der Waals surface area contributed by atoms with E-state index in [1.54, 1.807) is 20.8 Å². The average Bonchev–Trinajstić information content (AvgIpc) is 2.65. The van der Waals surface area contributed by atoms with E-state index in [0.717, 1.165) is 0 Å². The van der Waals surface area contributed by atoms with Crippen LogP contribution in [-0.4, -0.2) is 11.1 Å². The first kappa shape index (κ1) is 13.1. The standard InChI is InChI=1S/C13H14FN3O2/c1-6-4-9(15)5-10(11(6)14)12(18)16-13-7(2)8(3)17-19-13/h4-5H,15H2,1-3H3,(H,16,18). The number of aryl methyl sites for hydroxylation is 2. The predicted molar refractivity (Wildman–Crippen MR) is 69.5 cm³/mol. The Labute approximate surface area is 109 Å². The number of carbonyl (C=O) groups is 1. The molecule has 100 valence electrons. The molecule has 0 unspecified atom stereocenters. The van der Waals surface area contributed by atoms with Crippen molar-refractivity contribution in [1.82, 2.24) is 5.16 Å². The van der Waals surface area contributed by atoms with Gasteiger partial charge in [-0.05, 0) is 38.5 Å². The number of nitrogen functional groups attached to an aromatic ring is 1. The Morgan fingerprint density at radius 3 is 2.63 bits per heavy atom. The van der Waals surface area contributed by atoms with Crippen molar-refractivity contribution < 1.29 is 13.7 Å². The fourth-order valence-corrected chi connectivity index (χ4v) is 1.67. The number of rotatable bonds is 2. The van der Waals surface area contributed by atoms with E-state index >= 15 is 0 Å². The monoisotopic (exact) mass is 263 g/mol. The molecule has 2 rings (SSSR count). The molecule has 5 nitrogen and oxygen atoms in total. The maximum absolute atomic E-state index is 13.9. The third-order valence-electron chi connectivity index (χ3n) is 2.91. The maximum Gasteiger partial charge on any atom is 0.261 e. The molecule has 0 spiro atoms. The van der Waals surface area contributed by atoms with Crippen molar-refractivity contribution in [2.75, 3.05) is 11.1 Å². The first-order chi connectivity index (χ1) is 8.90. The van der Waals surface area contributed by atoms with Gasteiger partial charge in [-0.1, -0.05) is 5.16 Å². The number of nitrogens with two attached hydrogens (primary N) is 1. The molecule has 1 heterocycles. The maximum atomic E-state index is 13.9. The Bertz CT molecular complexity index is 650. The molecule has 3 N–H and O–H groups in total. The quantitative estimate of drug-likeness (QED) is 0.816. The molecule has 0 atom stereocenters. The van der Waals surface area contributed by atoms with Crippen LogP contribution in [0.25, 0.3) is 0 Å². The molecule has 0 aliphatic heterocycles. The molecule has 0 fully saturated rings. The van der Waals surface area contributed by atoms with Crippen LogP contribution in [0, 0.1) is 26.6 Å². The summed E-state index contributed by atoms with van der Waals surface area (Å²) in [5.41, 5.74) is 7.50. The number of anilines is 2. The number of nitrogens with one attached hydrogen (secondary N) is 1. The van der Waals surface area contributed by atoms with Crippen LogP contribution in [0.1, 0.15) is 27.2 Å². The zero-order valence-electron chi connectivity index (χ0n) is 10.9. The smallest absolute Gasteiger partial charge is 0.261 e. The van der Waals surface area contributed by atoms with Gasteiger partial charge in [0.2, 0.25) is 5.88 Å². The molecule has 1 amide bonds. The number of aromatic nitrogens is 1. The van der Waals surface area contributed by atoms with Crippen LogP contribution < -0.4 is 11.1 Å². The zero-order chi connectivity index (χ0) is 14.2. The largest absolute Gasteiger partial charge is 0.399 e. The van der Waals surface area contributed by atoms with Crippen molar-refractivity contribution in [1.29, 1.82) is 0 Å². The van der Waals surface area contributed by atoms with Crippen molar-refractivity contribution in [2.45, 2.75) is 20.8 Å². The fourth-order valence-electron chi connectivity index (χ4n) is 1.67. The Morgan fingerprint density at radius 1 is 1.37 bits per heavy atom. The highest BCUT2D eigenvalue weighted by Crippen LogP contribution is 2.21. The molecule has 0 aliphatic rings. The van der Waals surface area contributed by atoms with Crippen molar-refractivity contribution in [3.63, 3.8) is 0 Å². The molecule has 1 aromatic heterocycles. The van der Waals surface area contributed by atoms with Gasteiger partial charge in [0, 0.05) is 11.3 Å². The first-order valence-corrected chi connectivity index (χ1v) is 5.70. The lowest BCUT2D eigenvalue weighted by Crippen LogP contribution is -2.15. The number of hydrogen-bond donors (Lipinski definition) is 2. The summed E-state index contributed by atoms with van der Waals surface area (Å²) in [5, 5.41) is 6.19. The number of nitrogens with zero attached hydrogens (tertiary/aromatic N) is 1. The van der Waals surface area contributed by atoms with Crippen LogP contribution >= 0.6 is 0 Å². The number of halogens is 1. The Morgan fingerprint density at radius 2 is 2.05 bits per heavy atom. The van der Waals surface area contributed by atoms with E-state index in [-0.39, 0.29) is 11.4 Å². The summed E-state index contributed by atoms with van der Waals surface area (Å²) in [4.78, 5) is 12.0. The van der Waals surface area contributed by atoms with E-state index in [9.17, 15) is 9.18 Å². The second-order valence-electron chi connectivity index (χ2n) is 4.38. The van der Waals surface area contributed by atoms with Gasteiger partial charge in [0.25, 0.3) is 5.91 Å². The summed E-state index contributed by atoms with van der Waals surface area (Å²) in [7, 11) is 0. The molecule has 0 saturated carbocycles. The first-order valence-electron chi connectivity index (χ1n) is 5.70. The predicted octanol–water partition coefficient (Wildman–Crippen LogP) is 2.57. The van der Waals surface area contributed by atoms with Crippen molar-refractivity contribution in [3.8, 4) is 0 Å². The van der Waals surface area contributed by atoms with E-state index < -0.39 is 11.7 Å². The minimum Gasteiger partial charge on any atom is -0.399 e. The molecule has 19 heavy (non-hydrogen) atoms. The van der Waals surface area contributed by atoms with Gasteiger partial charge in [0.1, 0.15) is 5.82 Å². The number of benzene rings is 1. The summed E-state index contributed by atoms with van der Waals surface area (Å²) in [5.74, 6) is -1.00. The van der Waals surface area contributed by atoms with E-state index in [1.807, 2.05) is 0 Å². The van der Waals surface area contributed by atoms with E-state index in [0.29, 0.717) is 22.5 Å². The third-order valence-corrected chi connectivity index (χ3v) is 2.91. The lowest BCUT2D eigenvalue weighted by atomic mass is 10.1. The van der Waals surface area contributed by atoms with E-state index in [4.69, 9.17) is 10.3 Å². The summed E-state index contributed by atoms with van der Waals surface area (Å²) in [6.07, 6.45) is 0. The molecular formula is C13H14FN3O2. The lowest BCUT2D eigenvalue weighted by molar-refractivity contribution is 0.101. The fraction of sp³-hybridized carbons (Fsp3) is 0.231. The zero-order valence-corrected chi connectivity index (χ0v) is 10.9. The van der Waals surface area contributed by atoms with Crippen LogP contribution in [0.15, 0.2) is 16.7 Å². The van der Waals surface area contributed by atoms with Gasteiger partial charge in [0.15, 0.2) is 0 Å². The SMILES string of the molecule is Cc1cc(N)cc(C(=O)Nc2onc(C)c2C)c1F. The number of amides is 1. The summed E-state index contributed by atoms with van der Waals surface area (Å²) < 4.78 is 18.8.